The summed E-state index contributed by atoms with van der Waals surface area (Å²) in [7, 11) is 1.34. The Morgan fingerprint density at radius 2 is 2.37 bits per heavy atom. The number of nitrogens with zero attached hydrogens (tertiary/aromatic N) is 1. The van der Waals surface area contributed by atoms with Crippen LogP contribution in [0.5, 0.6) is 5.75 Å². The normalized spacial score (nSPS) is 18.3. The largest absolute Gasteiger partial charge is 0.494 e. The van der Waals surface area contributed by atoms with Gasteiger partial charge in [0.05, 0.1) is 13.7 Å². The van der Waals surface area contributed by atoms with Gasteiger partial charge in [0.25, 0.3) is 0 Å². The number of hydrogen-bond donors (Lipinski definition) is 1. The first-order valence-electron chi connectivity index (χ1n) is 5.51. The summed E-state index contributed by atoms with van der Waals surface area (Å²) < 4.78 is 23.0. The summed E-state index contributed by atoms with van der Waals surface area (Å²) in [4.78, 5) is 23.4. The highest BCUT2D eigenvalue weighted by molar-refractivity contribution is 5.82. The molecular formula is C12H12FNO5. The maximum Gasteiger partial charge on any atom is 0.411 e. The highest BCUT2D eigenvalue weighted by atomic mass is 19.1. The number of benzene rings is 1. The van der Waals surface area contributed by atoms with Gasteiger partial charge in [0.2, 0.25) is 0 Å². The molecule has 1 heterocycles. The third kappa shape index (κ3) is 2.59. The molecule has 1 aromatic carbocycles. The van der Waals surface area contributed by atoms with Crippen LogP contribution in [0.2, 0.25) is 0 Å². The Hall–Kier alpha value is -2.31. The summed E-state index contributed by atoms with van der Waals surface area (Å²) >= 11 is 0. The number of carbonyl (C=O) groups excluding carboxylic acids is 1. The lowest BCUT2D eigenvalue weighted by Gasteiger charge is -2.18. The fourth-order valence-electron chi connectivity index (χ4n) is 1.83. The van der Waals surface area contributed by atoms with Crippen molar-refractivity contribution in [1.82, 2.24) is 4.90 Å². The summed E-state index contributed by atoms with van der Waals surface area (Å²) in [5, 5.41) is 8.95. The van der Waals surface area contributed by atoms with Crippen LogP contribution in [0.1, 0.15) is 5.56 Å². The Kier molecular flexibility index (Phi) is 3.55. The summed E-state index contributed by atoms with van der Waals surface area (Å²) in [6, 6.07) is 3.13. The molecular weight excluding hydrogens is 257 g/mol. The van der Waals surface area contributed by atoms with E-state index in [0.29, 0.717) is 5.56 Å². The number of cyclic esters (lactones) is 1. The fraction of sp³-hybridized carbons (Fsp3) is 0.333. The van der Waals surface area contributed by atoms with Crippen molar-refractivity contribution in [3.63, 3.8) is 0 Å². The summed E-state index contributed by atoms with van der Waals surface area (Å²) in [5.74, 6) is -1.64. The van der Waals surface area contributed by atoms with Crippen molar-refractivity contribution in [3.05, 3.63) is 29.6 Å². The van der Waals surface area contributed by atoms with Crippen molar-refractivity contribution in [2.24, 2.45) is 0 Å². The first-order valence-corrected chi connectivity index (χ1v) is 5.51. The molecule has 0 aliphatic carbocycles. The minimum absolute atomic E-state index is 0.0310. The minimum atomic E-state index is -1.15. The Balaban J connectivity index is 2.17. The van der Waals surface area contributed by atoms with Crippen molar-refractivity contribution < 1.29 is 28.6 Å². The number of ether oxygens (including phenoxy) is 2. The summed E-state index contributed by atoms with van der Waals surface area (Å²) in [6.45, 7) is -0.233. The van der Waals surface area contributed by atoms with E-state index in [1.54, 1.807) is 6.07 Å². The number of carboxylic acids is 1. The molecule has 1 aromatic rings. The van der Waals surface area contributed by atoms with Gasteiger partial charge in [-0.05, 0) is 17.7 Å². The lowest BCUT2D eigenvalue weighted by molar-refractivity contribution is -0.141. The molecule has 1 aliphatic rings. The SMILES string of the molecule is COc1ccc(CN2C(=O)OCC2C(=O)O)cc1F. The molecule has 0 spiro atoms. The quantitative estimate of drug-likeness (QED) is 0.890. The van der Waals surface area contributed by atoms with Crippen molar-refractivity contribution in [2.45, 2.75) is 12.6 Å². The minimum Gasteiger partial charge on any atom is -0.494 e. The topological polar surface area (TPSA) is 76.1 Å². The van der Waals surface area contributed by atoms with Crippen LogP contribution in [0.4, 0.5) is 9.18 Å². The third-order valence-corrected chi connectivity index (χ3v) is 2.83. The maximum absolute atomic E-state index is 13.5. The van der Waals surface area contributed by atoms with E-state index in [1.807, 2.05) is 0 Å². The van der Waals surface area contributed by atoms with Gasteiger partial charge in [-0.1, -0.05) is 6.07 Å². The van der Waals surface area contributed by atoms with Crippen LogP contribution in [0.25, 0.3) is 0 Å². The Morgan fingerprint density at radius 3 is 2.95 bits per heavy atom. The molecule has 19 heavy (non-hydrogen) atoms. The number of halogens is 1. The number of hydrogen-bond acceptors (Lipinski definition) is 4. The van der Waals surface area contributed by atoms with Crippen LogP contribution < -0.4 is 4.74 Å². The zero-order valence-electron chi connectivity index (χ0n) is 10.1. The van der Waals surface area contributed by atoms with E-state index in [0.717, 1.165) is 4.90 Å². The second-order valence-corrected chi connectivity index (χ2v) is 4.03. The standard InChI is InChI=1S/C12H12FNO5/c1-18-10-3-2-7(4-8(10)13)5-14-9(11(15)16)6-19-12(14)17/h2-4,9H,5-6H2,1H3,(H,15,16). The van der Waals surface area contributed by atoms with Gasteiger partial charge in [-0.25, -0.2) is 14.0 Å². The zero-order valence-corrected chi connectivity index (χ0v) is 10.1. The van der Waals surface area contributed by atoms with E-state index < -0.39 is 23.9 Å². The van der Waals surface area contributed by atoms with Crippen LogP contribution in [0.15, 0.2) is 18.2 Å². The Bertz CT molecular complexity index is 519. The third-order valence-electron chi connectivity index (χ3n) is 2.83. The summed E-state index contributed by atoms with van der Waals surface area (Å²) in [6.07, 6.45) is -0.719. The second-order valence-electron chi connectivity index (χ2n) is 4.03. The van der Waals surface area contributed by atoms with Gasteiger partial charge in [-0.2, -0.15) is 0 Å². The smallest absolute Gasteiger partial charge is 0.411 e. The molecule has 0 radical (unpaired) electrons. The fourth-order valence-corrected chi connectivity index (χ4v) is 1.83. The van der Waals surface area contributed by atoms with Gasteiger partial charge in [-0.15, -0.1) is 0 Å². The number of amides is 1. The molecule has 102 valence electrons. The lowest BCUT2D eigenvalue weighted by atomic mass is 10.1. The highest BCUT2D eigenvalue weighted by Gasteiger charge is 2.38. The number of methoxy groups -OCH3 is 1. The number of carbonyl (C=O) groups is 2. The molecule has 1 N–H and O–H groups in total. The van der Waals surface area contributed by atoms with Crippen LogP contribution >= 0.6 is 0 Å². The molecule has 1 fully saturated rings. The van der Waals surface area contributed by atoms with Crippen LogP contribution in [0.3, 0.4) is 0 Å². The molecule has 6 nitrogen and oxygen atoms in total. The van der Waals surface area contributed by atoms with Crippen LogP contribution in [0, 0.1) is 5.82 Å². The molecule has 1 atom stereocenters. The number of carboxylic acid groups (broad SMARTS) is 1. The number of aliphatic carboxylic acids is 1. The molecule has 1 saturated heterocycles. The predicted molar refractivity (Wildman–Crippen MR) is 61.3 cm³/mol. The van der Waals surface area contributed by atoms with Crippen molar-refractivity contribution in [2.75, 3.05) is 13.7 Å². The molecule has 7 heteroatoms. The van der Waals surface area contributed by atoms with E-state index >= 15 is 0 Å². The summed E-state index contributed by atoms with van der Waals surface area (Å²) in [5.41, 5.74) is 0.461. The maximum atomic E-state index is 13.5. The van der Waals surface area contributed by atoms with Gasteiger partial charge in [-0.3, -0.25) is 4.90 Å². The van der Waals surface area contributed by atoms with Crippen LogP contribution in [-0.4, -0.2) is 41.8 Å². The first-order chi connectivity index (χ1) is 9.02. The van der Waals surface area contributed by atoms with Gasteiger partial charge in [0.1, 0.15) is 6.61 Å². The Labute approximate surface area is 108 Å². The highest BCUT2D eigenvalue weighted by Crippen LogP contribution is 2.21. The average molecular weight is 269 g/mol. The van der Waals surface area contributed by atoms with Gasteiger partial charge >= 0.3 is 12.1 Å². The first kappa shape index (κ1) is 13.1. The van der Waals surface area contributed by atoms with Crippen molar-refractivity contribution in [1.29, 1.82) is 0 Å². The molecule has 1 amide bonds. The van der Waals surface area contributed by atoms with E-state index in [-0.39, 0.29) is 18.9 Å². The molecule has 1 unspecified atom stereocenters. The van der Waals surface area contributed by atoms with E-state index in [4.69, 9.17) is 9.84 Å². The van der Waals surface area contributed by atoms with E-state index in [9.17, 15) is 14.0 Å². The van der Waals surface area contributed by atoms with Crippen molar-refractivity contribution >= 4 is 12.1 Å². The van der Waals surface area contributed by atoms with Crippen LogP contribution in [-0.2, 0) is 16.1 Å². The molecule has 2 rings (SSSR count). The van der Waals surface area contributed by atoms with Crippen molar-refractivity contribution in [3.8, 4) is 5.75 Å². The monoisotopic (exact) mass is 269 g/mol. The zero-order chi connectivity index (χ0) is 14.0. The second kappa shape index (κ2) is 5.13. The predicted octanol–water partition coefficient (Wildman–Crippen LogP) is 1.24. The Morgan fingerprint density at radius 1 is 1.63 bits per heavy atom. The molecule has 1 aliphatic heterocycles. The molecule has 0 aromatic heterocycles. The van der Waals surface area contributed by atoms with Gasteiger partial charge in [0.15, 0.2) is 17.6 Å². The molecule has 0 bridgehead atoms. The lowest BCUT2D eigenvalue weighted by Crippen LogP contribution is -2.38. The average Bonchev–Trinajstić information content (AvgIpc) is 2.71. The van der Waals surface area contributed by atoms with E-state index in [1.165, 1.54) is 19.2 Å². The number of rotatable bonds is 4. The van der Waals surface area contributed by atoms with E-state index in [2.05, 4.69) is 4.74 Å². The van der Waals surface area contributed by atoms with Gasteiger partial charge < -0.3 is 14.6 Å². The van der Waals surface area contributed by atoms with Gasteiger partial charge in [0, 0.05) is 0 Å². The molecule has 0 saturated carbocycles.